The van der Waals surface area contributed by atoms with Crippen molar-refractivity contribution in [1.82, 2.24) is 0 Å². The van der Waals surface area contributed by atoms with Gasteiger partial charge in [0.2, 0.25) is 0 Å². The van der Waals surface area contributed by atoms with E-state index in [0.29, 0.717) is 6.42 Å². The van der Waals surface area contributed by atoms with Gasteiger partial charge in [0, 0.05) is 13.0 Å². The van der Waals surface area contributed by atoms with Crippen LogP contribution in [0.25, 0.3) is 0 Å². The van der Waals surface area contributed by atoms with Gasteiger partial charge in [0.1, 0.15) is 0 Å². The molecule has 1 aromatic carbocycles. The molecule has 1 aromatic rings. The summed E-state index contributed by atoms with van der Waals surface area (Å²) in [4.78, 5) is -0.502. The van der Waals surface area contributed by atoms with E-state index in [-0.39, 0.29) is 6.61 Å². The van der Waals surface area contributed by atoms with Gasteiger partial charge < -0.3 is 15.7 Å². The normalized spacial score (nSPS) is 17.4. The number of fused-ring (bicyclic) bond motifs is 1. The smallest absolute Gasteiger partial charge is 0.156 e. The monoisotopic (exact) mass is 196 g/mol. The summed E-state index contributed by atoms with van der Waals surface area (Å²) in [6.07, 6.45) is 0.560. The van der Waals surface area contributed by atoms with Gasteiger partial charge >= 0.3 is 0 Å². The van der Waals surface area contributed by atoms with Gasteiger partial charge in [0.25, 0.3) is 0 Å². The van der Waals surface area contributed by atoms with E-state index in [4.69, 9.17) is 5.11 Å². The molecule has 0 fully saturated rings. The Bertz CT molecular complexity index is 291. The lowest BCUT2D eigenvalue weighted by atomic mass is 10.3. The third-order valence-electron chi connectivity index (χ3n) is 2.08. The molecule has 0 unspecified atom stereocenters. The van der Waals surface area contributed by atoms with Crippen molar-refractivity contribution < 1.29 is 5.11 Å². The number of aliphatic hydroxyl groups excluding tert-OH is 1. The van der Waals surface area contributed by atoms with Gasteiger partial charge in [-0.2, -0.15) is 0 Å². The Morgan fingerprint density at radius 3 is 2.23 bits per heavy atom. The van der Waals surface area contributed by atoms with Crippen LogP contribution in [0.4, 0.5) is 11.4 Å². The number of aliphatic hydroxyl groups is 1. The first kappa shape index (κ1) is 8.72. The van der Waals surface area contributed by atoms with E-state index in [1.54, 1.807) is 0 Å². The Morgan fingerprint density at radius 2 is 1.77 bits per heavy atom. The number of para-hydroxylation sites is 2. The third-order valence-corrected chi connectivity index (χ3v) is 2.53. The lowest BCUT2D eigenvalue weighted by Gasteiger charge is -2.23. The maximum atomic E-state index is 8.84. The Balaban J connectivity index is 2.21. The van der Waals surface area contributed by atoms with Crippen molar-refractivity contribution in [3.05, 3.63) is 24.3 Å². The van der Waals surface area contributed by atoms with Gasteiger partial charge in [-0.05, 0) is 12.1 Å². The van der Waals surface area contributed by atoms with E-state index in [9.17, 15) is 0 Å². The van der Waals surface area contributed by atoms with Crippen LogP contribution in [-0.2, 0) is 0 Å². The summed E-state index contributed by atoms with van der Waals surface area (Å²) in [5.74, 6) is 0. The molecule has 1 aliphatic rings. The van der Waals surface area contributed by atoms with Crippen molar-refractivity contribution in [2.45, 2.75) is 11.4 Å². The van der Waals surface area contributed by atoms with Crippen molar-refractivity contribution in [2.75, 3.05) is 17.2 Å². The van der Waals surface area contributed by atoms with Crippen LogP contribution in [0, 0.1) is 0 Å². The van der Waals surface area contributed by atoms with E-state index in [0.717, 1.165) is 11.4 Å². The Kier molecular flexibility index (Phi) is 2.09. The van der Waals surface area contributed by atoms with Crippen molar-refractivity contribution >= 4 is 24.0 Å². The summed E-state index contributed by atoms with van der Waals surface area (Å²) in [6.45, 7) is 0.109. The molecule has 0 saturated heterocycles. The lowest BCUT2D eigenvalue weighted by molar-refractivity contribution is 0.279. The van der Waals surface area contributed by atoms with Crippen molar-refractivity contribution in [1.29, 1.82) is 0 Å². The zero-order valence-electron chi connectivity index (χ0n) is 7.12. The second-order valence-electron chi connectivity index (χ2n) is 3.13. The SMILES string of the molecule is OCCC1(S)Nc2ccccc2N1. The molecule has 1 aliphatic heterocycles. The third kappa shape index (κ3) is 1.59. The number of hydrogen-bond acceptors (Lipinski definition) is 4. The molecule has 0 bridgehead atoms. The van der Waals surface area contributed by atoms with E-state index in [1.165, 1.54) is 0 Å². The van der Waals surface area contributed by atoms with E-state index in [2.05, 4.69) is 23.3 Å². The van der Waals surface area contributed by atoms with Crippen LogP contribution in [0.1, 0.15) is 6.42 Å². The predicted molar refractivity (Wildman–Crippen MR) is 57.1 cm³/mol. The van der Waals surface area contributed by atoms with E-state index >= 15 is 0 Å². The van der Waals surface area contributed by atoms with E-state index in [1.807, 2.05) is 24.3 Å². The molecule has 2 rings (SSSR count). The largest absolute Gasteiger partial charge is 0.396 e. The minimum Gasteiger partial charge on any atom is -0.396 e. The molecule has 13 heavy (non-hydrogen) atoms. The molecule has 0 saturated carbocycles. The van der Waals surface area contributed by atoms with Crippen molar-refractivity contribution in [2.24, 2.45) is 0 Å². The van der Waals surface area contributed by atoms with Gasteiger partial charge in [-0.15, -0.1) is 12.6 Å². The predicted octanol–water partition coefficient (Wildman–Crippen LogP) is 1.49. The van der Waals surface area contributed by atoms with Gasteiger partial charge in [-0.3, -0.25) is 0 Å². The van der Waals surface area contributed by atoms with Crippen LogP contribution < -0.4 is 10.6 Å². The van der Waals surface area contributed by atoms with Crippen LogP contribution in [0.5, 0.6) is 0 Å². The minimum absolute atomic E-state index is 0.109. The average molecular weight is 196 g/mol. The Hall–Kier alpha value is -0.870. The molecule has 4 heteroatoms. The first-order valence-electron chi connectivity index (χ1n) is 4.22. The van der Waals surface area contributed by atoms with Gasteiger partial charge in [0.15, 0.2) is 4.99 Å². The Morgan fingerprint density at radius 1 is 1.23 bits per heavy atom. The fourth-order valence-electron chi connectivity index (χ4n) is 1.46. The van der Waals surface area contributed by atoms with Crippen LogP contribution >= 0.6 is 12.6 Å². The zero-order valence-corrected chi connectivity index (χ0v) is 8.01. The highest BCUT2D eigenvalue weighted by Gasteiger charge is 2.31. The molecule has 0 atom stereocenters. The highest BCUT2D eigenvalue weighted by Crippen LogP contribution is 2.36. The molecule has 0 spiro atoms. The quantitative estimate of drug-likeness (QED) is 0.542. The molecule has 0 amide bonds. The number of hydrogen-bond donors (Lipinski definition) is 4. The average Bonchev–Trinajstić information content (AvgIpc) is 2.40. The molecular formula is C9H12N2OS. The number of nitrogens with one attached hydrogen (secondary N) is 2. The molecule has 0 radical (unpaired) electrons. The second-order valence-corrected chi connectivity index (χ2v) is 3.89. The zero-order chi connectivity index (χ0) is 9.31. The molecule has 0 aliphatic carbocycles. The molecule has 3 N–H and O–H groups in total. The molecule has 70 valence electrons. The van der Waals surface area contributed by atoms with Crippen LogP contribution in [-0.4, -0.2) is 16.7 Å². The summed E-state index contributed by atoms with van der Waals surface area (Å²) in [5, 5.41) is 15.3. The number of anilines is 2. The fourth-order valence-corrected chi connectivity index (χ4v) is 1.81. The standard InChI is InChI=1S/C9H12N2OS/c12-6-5-9(13)10-7-3-1-2-4-8(7)11-9/h1-4,10-13H,5-6H2. The highest BCUT2D eigenvalue weighted by atomic mass is 32.1. The van der Waals surface area contributed by atoms with Gasteiger partial charge in [0.05, 0.1) is 11.4 Å². The van der Waals surface area contributed by atoms with Crippen LogP contribution in [0.3, 0.4) is 0 Å². The summed E-state index contributed by atoms with van der Waals surface area (Å²) in [5.41, 5.74) is 2.07. The maximum Gasteiger partial charge on any atom is 0.156 e. The molecular weight excluding hydrogens is 184 g/mol. The summed E-state index contributed by atoms with van der Waals surface area (Å²) in [6, 6.07) is 7.90. The van der Waals surface area contributed by atoms with Gasteiger partial charge in [-0.25, -0.2) is 0 Å². The maximum absolute atomic E-state index is 8.84. The second kappa shape index (κ2) is 3.12. The first-order valence-corrected chi connectivity index (χ1v) is 4.67. The van der Waals surface area contributed by atoms with Crippen molar-refractivity contribution in [3.8, 4) is 0 Å². The number of benzene rings is 1. The lowest BCUT2D eigenvalue weighted by Crippen LogP contribution is -2.36. The van der Waals surface area contributed by atoms with Crippen LogP contribution in [0.2, 0.25) is 0 Å². The topological polar surface area (TPSA) is 44.3 Å². The van der Waals surface area contributed by atoms with E-state index < -0.39 is 4.99 Å². The molecule has 3 nitrogen and oxygen atoms in total. The van der Waals surface area contributed by atoms with Crippen molar-refractivity contribution in [3.63, 3.8) is 0 Å². The summed E-state index contributed by atoms with van der Waals surface area (Å²) < 4.78 is 0. The Labute approximate surface area is 82.6 Å². The number of rotatable bonds is 2. The van der Waals surface area contributed by atoms with Crippen LogP contribution in [0.15, 0.2) is 24.3 Å². The first-order chi connectivity index (χ1) is 6.23. The summed E-state index contributed by atoms with van der Waals surface area (Å²) >= 11 is 4.42. The highest BCUT2D eigenvalue weighted by molar-refractivity contribution is 7.82. The summed E-state index contributed by atoms with van der Waals surface area (Å²) in [7, 11) is 0. The fraction of sp³-hybridized carbons (Fsp3) is 0.333. The minimum atomic E-state index is -0.502. The molecule has 0 aromatic heterocycles. The van der Waals surface area contributed by atoms with Gasteiger partial charge in [-0.1, -0.05) is 12.1 Å². The molecule has 1 heterocycles. The number of thiol groups is 1.